The molecule has 1 aliphatic rings. The number of carbonyl (C=O) groups is 1. The highest BCUT2D eigenvalue weighted by molar-refractivity contribution is 6.04. The minimum Gasteiger partial charge on any atom is -0.374 e. The van der Waals surface area contributed by atoms with Crippen LogP contribution in [0.25, 0.3) is 0 Å². The smallest absolute Gasteiger partial charge is 0.255 e. The maximum absolute atomic E-state index is 14.6. The van der Waals surface area contributed by atoms with Crippen LogP contribution in [0, 0.1) is 5.82 Å². The average Bonchev–Trinajstić information content (AvgIpc) is 2.63. The van der Waals surface area contributed by atoms with Crippen molar-refractivity contribution in [1.29, 1.82) is 0 Å². The number of hydrogen-bond donors (Lipinski definition) is 2. The van der Waals surface area contributed by atoms with Gasteiger partial charge in [-0.3, -0.25) is 4.79 Å². The van der Waals surface area contributed by atoms with Crippen LogP contribution >= 0.6 is 0 Å². The van der Waals surface area contributed by atoms with Crippen LogP contribution in [0.3, 0.4) is 0 Å². The summed E-state index contributed by atoms with van der Waals surface area (Å²) in [6.45, 7) is 5.88. The van der Waals surface area contributed by atoms with Crippen LogP contribution in [0.2, 0.25) is 0 Å². The summed E-state index contributed by atoms with van der Waals surface area (Å²) >= 11 is 0. The van der Waals surface area contributed by atoms with Crippen molar-refractivity contribution in [2.45, 2.75) is 39.5 Å². The highest BCUT2D eigenvalue weighted by Gasteiger charge is 2.18. The molecule has 2 aromatic rings. The lowest BCUT2D eigenvalue weighted by molar-refractivity contribution is 0.0657. The van der Waals surface area contributed by atoms with Gasteiger partial charge in [0.25, 0.3) is 5.91 Å². The molecule has 0 spiro atoms. The molecule has 0 aliphatic carbocycles. The monoisotopic (exact) mass is 342 g/mol. The lowest BCUT2D eigenvalue weighted by Crippen LogP contribution is -2.25. The number of benzene rings is 2. The zero-order chi connectivity index (χ0) is 17.8. The summed E-state index contributed by atoms with van der Waals surface area (Å²) in [7, 11) is 0. The maximum atomic E-state index is 14.6. The third kappa shape index (κ3) is 4.24. The Kier molecular flexibility index (Phi) is 5.46. The van der Waals surface area contributed by atoms with E-state index in [2.05, 4.69) is 10.6 Å². The third-order valence-corrected chi connectivity index (χ3v) is 4.26. The second-order valence-electron chi connectivity index (χ2n) is 6.50. The number of ether oxygens (including phenoxy) is 1. The molecule has 0 radical (unpaired) electrons. The van der Waals surface area contributed by atoms with Crippen LogP contribution in [0.4, 0.5) is 10.1 Å². The molecule has 0 atom stereocenters. The standard InChI is InChI=1S/C20H23FN2O2/c1-13(2)25-12-14-3-5-15(6-4-14)20(24)23-18-8-7-16-11-22-10-9-17(16)19(18)21/h3-8,13,22H,9-12H2,1-2H3,(H,23,24). The van der Waals surface area contributed by atoms with Crippen molar-refractivity contribution in [3.8, 4) is 0 Å². The van der Waals surface area contributed by atoms with Gasteiger partial charge in [0, 0.05) is 12.1 Å². The van der Waals surface area contributed by atoms with Crippen molar-refractivity contribution in [2.24, 2.45) is 0 Å². The van der Waals surface area contributed by atoms with Crippen molar-refractivity contribution in [3.63, 3.8) is 0 Å². The number of carbonyl (C=O) groups excluding carboxylic acids is 1. The van der Waals surface area contributed by atoms with E-state index in [1.165, 1.54) is 0 Å². The third-order valence-electron chi connectivity index (χ3n) is 4.26. The second kappa shape index (κ2) is 7.76. The summed E-state index contributed by atoms with van der Waals surface area (Å²) in [6.07, 6.45) is 0.792. The largest absolute Gasteiger partial charge is 0.374 e. The minimum absolute atomic E-state index is 0.158. The van der Waals surface area contributed by atoms with Crippen molar-refractivity contribution in [2.75, 3.05) is 11.9 Å². The number of fused-ring (bicyclic) bond motifs is 1. The summed E-state index contributed by atoms with van der Waals surface area (Å²) in [5, 5.41) is 5.89. The average molecular weight is 342 g/mol. The van der Waals surface area contributed by atoms with Gasteiger partial charge >= 0.3 is 0 Å². The van der Waals surface area contributed by atoms with E-state index in [0.29, 0.717) is 30.7 Å². The Morgan fingerprint density at radius 3 is 2.72 bits per heavy atom. The van der Waals surface area contributed by atoms with E-state index in [-0.39, 0.29) is 23.5 Å². The molecule has 0 saturated carbocycles. The van der Waals surface area contributed by atoms with Gasteiger partial charge in [-0.1, -0.05) is 18.2 Å². The molecule has 0 unspecified atom stereocenters. The van der Waals surface area contributed by atoms with E-state index in [1.807, 2.05) is 32.0 Å². The van der Waals surface area contributed by atoms with Gasteiger partial charge in [-0.25, -0.2) is 4.39 Å². The molecule has 2 aromatic carbocycles. The van der Waals surface area contributed by atoms with Gasteiger partial charge in [-0.05, 0) is 61.7 Å². The molecule has 4 nitrogen and oxygen atoms in total. The fourth-order valence-electron chi connectivity index (χ4n) is 2.84. The molecule has 0 bridgehead atoms. The fourth-order valence-corrected chi connectivity index (χ4v) is 2.84. The van der Waals surface area contributed by atoms with Gasteiger partial charge in [0.05, 0.1) is 18.4 Å². The summed E-state index contributed by atoms with van der Waals surface area (Å²) < 4.78 is 20.1. The molecule has 1 aliphatic heterocycles. The number of nitrogens with one attached hydrogen (secondary N) is 2. The molecule has 0 fully saturated rings. The maximum Gasteiger partial charge on any atom is 0.255 e. The summed E-state index contributed by atoms with van der Waals surface area (Å²) in [5.41, 5.74) is 3.37. The van der Waals surface area contributed by atoms with E-state index < -0.39 is 0 Å². The van der Waals surface area contributed by atoms with E-state index in [0.717, 1.165) is 17.7 Å². The molecule has 0 aromatic heterocycles. The van der Waals surface area contributed by atoms with Crippen LogP contribution in [0.1, 0.15) is 40.9 Å². The van der Waals surface area contributed by atoms with Gasteiger partial charge in [0.2, 0.25) is 0 Å². The van der Waals surface area contributed by atoms with Crippen molar-refractivity contribution < 1.29 is 13.9 Å². The van der Waals surface area contributed by atoms with Gasteiger partial charge in [-0.2, -0.15) is 0 Å². The topological polar surface area (TPSA) is 50.4 Å². The van der Waals surface area contributed by atoms with E-state index >= 15 is 0 Å². The molecule has 132 valence electrons. The number of anilines is 1. The predicted molar refractivity (Wildman–Crippen MR) is 96.1 cm³/mol. The zero-order valence-electron chi connectivity index (χ0n) is 14.6. The first kappa shape index (κ1) is 17.6. The first-order chi connectivity index (χ1) is 12.0. The van der Waals surface area contributed by atoms with E-state index in [1.54, 1.807) is 18.2 Å². The molecule has 0 saturated heterocycles. The molecular weight excluding hydrogens is 319 g/mol. The Hall–Kier alpha value is -2.24. The summed E-state index contributed by atoms with van der Waals surface area (Å²) in [5.74, 6) is -0.640. The molecule has 2 N–H and O–H groups in total. The van der Waals surface area contributed by atoms with Crippen LogP contribution in [-0.2, 0) is 24.3 Å². The van der Waals surface area contributed by atoms with Crippen LogP contribution in [0.15, 0.2) is 36.4 Å². The van der Waals surface area contributed by atoms with Gasteiger partial charge in [0.1, 0.15) is 5.82 Å². The highest BCUT2D eigenvalue weighted by Crippen LogP contribution is 2.25. The quantitative estimate of drug-likeness (QED) is 0.872. The Balaban J connectivity index is 1.70. The summed E-state index contributed by atoms with van der Waals surface area (Å²) in [4.78, 5) is 12.4. The highest BCUT2D eigenvalue weighted by atomic mass is 19.1. The zero-order valence-corrected chi connectivity index (χ0v) is 14.6. The lowest BCUT2D eigenvalue weighted by atomic mass is 9.99. The van der Waals surface area contributed by atoms with Gasteiger partial charge in [0.15, 0.2) is 0 Å². The SMILES string of the molecule is CC(C)OCc1ccc(C(=O)Nc2ccc3c(c2F)CCNC3)cc1. The number of rotatable bonds is 5. The van der Waals surface area contributed by atoms with Crippen molar-refractivity contribution in [1.82, 2.24) is 5.32 Å². The van der Waals surface area contributed by atoms with Crippen LogP contribution < -0.4 is 10.6 Å². The second-order valence-corrected chi connectivity index (χ2v) is 6.50. The Morgan fingerprint density at radius 2 is 2.00 bits per heavy atom. The Morgan fingerprint density at radius 1 is 1.24 bits per heavy atom. The number of hydrogen-bond acceptors (Lipinski definition) is 3. The van der Waals surface area contributed by atoms with Gasteiger partial charge in [-0.15, -0.1) is 0 Å². The fraction of sp³-hybridized carbons (Fsp3) is 0.350. The molecular formula is C20H23FN2O2. The molecule has 1 heterocycles. The Labute approximate surface area is 147 Å². The van der Waals surface area contributed by atoms with E-state index in [9.17, 15) is 9.18 Å². The first-order valence-corrected chi connectivity index (χ1v) is 8.57. The Bertz CT molecular complexity index is 757. The normalized spacial score (nSPS) is 13.6. The van der Waals surface area contributed by atoms with Crippen molar-refractivity contribution >= 4 is 11.6 Å². The minimum atomic E-state index is -0.325. The number of halogens is 1. The number of amides is 1. The van der Waals surface area contributed by atoms with Crippen LogP contribution in [-0.4, -0.2) is 18.6 Å². The molecule has 5 heteroatoms. The van der Waals surface area contributed by atoms with Gasteiger partial charge < -0.3 is 15.4 Å². The summed E-state index contributed by atoms with van der Waals surface area (Å²) in [6, 6.07) is 10.7. The van der Waals surface area contributed by atoms with Crippen LogP contribution in [0.5, 0.6) is 0 Å². The van der Waals surface area contributed by atoms with Crippen molar-refractivity contribution in [3.05, 3.63) is 64.5 Å². The molecule has 3 rings (SSSR count). The molecule has 1 amide bonds. The van der Waals surface area contributed by atoms with E-state index in [4.69, 9.17) is 4.74 Å². The lowest BCUT2D eigenvalue weighted by Gasteiger charge is -2.19. The molecule has 25 heavy (non-hydrogen) atoms. The first-order valence-electron chi connectivity index (χ1n) is 8.57. The predicted octanol–water partition coefficient (Wildman–Crippen LogP) is 3.65.